The molecule has 0 aliphatic heterocycles. The lowest BCUT2D eigenvalue weighted by Gasteiger charge is -2.12. The number of hydrogen-bond donors (Lipinski definition) is 1. The molecule has 0 atom stereocenters. The average molecular weight is 267 g/mol. The quantitative estimate of drug-likeness (QED) is 0.855. The van der Waals surface area contributed by atoms with E-state index in [-0.39, 0.29) is 11.8 Å². The van der Waals surface area contributed by atoms with Gasteiger partial charge in [-0.25, -0.2) is 0 Å². The molecule has 0 saturated carbocycles. The van der Waals surface area contributed by atoms with Crippen molar-refractivity contribution in [2.45, 2.75) is 6.92 Å². The summed E-state index contributed by atoms with van der Waals surface area (Å²) in [5.74, 6) is -0.454. The minimum absolute atomic E-state index is 0.206. The molecule has 0 aliphatic carbocycles. The van der Waals surface area contributed by atoms with Gasteiger partial charge in [-0.1, -0.05) is 17.7 Å². The first kappa shape index (κ1) is 14.3. The van der Waals surface area contributed by atoms with Gasteiger partial charge in [0.15, 0.2) is 0 Å². The fourth-order valence-corrected chi connectivity index (χ4v) is 1.54. The van der Waals surface area contributed by atoms with Gasteiger partial charge in [-0.05, 0) is 31.2 Å². The van der Waals surface area contributed by atoms with Crippen LogP contribution in [0.4, 0.5) is 5.69 Å². The summed E-state index contributed by atoms with van der Waals surface area (Å²) in [6.07, 6.45) is 3.04. The summed E-state index contributed by atoms with van der Waals surface area (Å²) in [4.78, 5) is 24.7. The van der Waals surface area contributed by atoms with Crippen LogP contribution in [0.1, 0.15) is 17.3 Å². The van der Waals surface area contributed by atoms with Crippen molar-refractivity contribution in [2.75, 3.05) is 19.4 Å². The van der Waals surface area contributed by atoms with Crippen molar-refractivity contribution in [3.05, 3.63) is 40.9 Å². The molecule has 0 unspecified atom stereocenters. The summed E-state index contributed by atoms with van der Waals surface area (Å²) >= 11 is 5.96. The number of nitrogens with zero attached hydrogens (tertiary/aromatic N) is 1. The highest BCUT2D eigenvalue weighted by Crippen LogP contribution is 2.21. The van der Waals surface area contributed by atoms with Gasteiger partial charge < -0.3 is 10.2 Å². The predicted octanol–water partition coefficient (Wildman–Crippen LogP) is 2.56. The van der Waals surface area contributed by atoms with Crippen LogP contribution in [0.15, 0.2) is 30.4 Å². The molecular weight excluding hydrogens is 252 g/mol. The van der Waals surface area contributed by atoms with Crippen molar-refractivity contribution < 1.29 is 9.59 Å². The summed E-state index contributed by atoms with van der Waals surface area (Å²) in [6.45, 7) is 1.75. The zero-order valence-corrected chi connectivity index (χ0v) is 11.3. The lowest BCUT2D eigenvalue weighted by molar-refractivity contribution is -0.111. The van der Waals surface area contributed by atoms with E-state index in [1.807, 2.05) is 0 Å². The second-order valence-electron chi connectivity index (χ2n) is 3.88. The third kappa shape index (κ3) is 3.60. The summed E-state index contributed by atoms with van der Waals surface area (Å²) in [5, 5.41) is 3.01. The van der Waals surface area contributed by atoms with Crippen molar-refractivity contribution in [1.82, 2.24) is 4.90 Å². The van der Waals surface area contributed by atoms with E-state index < -0.39 is 0 Å². The van der Waals surface area contributed by atoms with Crippen LogP contribution in [0.2, 0.25) is 5.02 Å². The highest BCUT2D eigenvalue weighted by molar-refractivity contribution is 6.34. The monoisotopic (exact) mass is 266 g/mol. The molecule has 0 heterocycles. The maximum Gasteiger partial charge on any atom is 0.254 e. The minimum atomic E-state index is -0.247. The smallest absolute Gasteiger partial charge is 0.254 e. The van der Waals surface area contributed by atoms with Gasteiger partial charge in [0.1, 0.15) is 0 Å². The standard InChI is InChI=1S/C13H15ClN2O2/c1-4-5-12(17)15-9-6-7-11(14)10(8-9)13(18)16(2)3/h4-8H,1-3H3,(H,15,17)/b5-4+. The van der Waals surface area contributed by atoms with E-state index >= 15 is 0 Å². The van der Waals surface area contributed by atoms with Crippen LogP contribution >= 0.6 is 11.6 Å². The Morgan fingerprint density at radius 2 is 2.00 bits per heavy atom. The second kappa shape index (κ2) is 6.21. The molecule has 0 fully saturated rings. The van der Waals surface area contributed by atoms with Crippen LogP contribution in [0.25, 0.3) is 0 Å². The summed E-state index contributed by atoms with van der Waals surface area (Å²) in [5.41, 5.74) is 0.896. The first-order chi connectivity index (χ1) is 8.45. The van der Waals surface area contributed by atoms with E-state index in [0.29, 0.717) is 16.3 Å². The van der Waals surface area contributed by atoms with Crippen LogP contribution in [-0.2, 0) is 4.79 Å². The Kier molecular flexibility index (Phi) is 4.92. The molecule has 4 nitrogen and oxygen atoms in total. The molecule has 18 heavy (non-hydrogen) atoms. The van der Waals surface area contributed by atoms with E-state index in [1.54, 1.807) is 45.3 Å². The van der Waals surface area contributed by atoms with E-state index in [4.69, 9.17) is 11.6 Å². The zero-order chi connectivity index (χ0) is 13.7. The maximum atomic E-state index is 11.8. The molecule has 1 N–H and O–H groups in total. The third-order valence-corrected chi connectivity index (χ3v) is 2.52. The zero-order valence-electron chi connectivity index (χ0n) is 10.5. The molecule has 96 valence electrons. The highest BCUT2D eigenvalue weighted by Gasteiger charge is 2.13. The Bertz CT molecular complexity index is 496. The molecule has 5 heteroatoms. The van der Waals surface area contributed by atoms with Crippen molar-refractivity contribution in [3.8, 4) is 0 Å². The molecule has 1 aromatic rings. The Hall–Kier alpha value is -1.81. The molecule has 0 radical (unpaired) electrons. The Balaban J connectivity index is 3.01. The number of amides is 2. The number of hydrogen-bond acceptors (Lipinski definition) is 2. The van der Waals surface area contributed by atoms with Gasteiger partial charge in [0, 0.05) is 19.8 Å². The maximum absolute atomic E-state index is 11.8. The fourth-order valence-electron chi connectivity index (χ4n) is 1.34. The Morgan fingerprint density at radius 1 is 1.33 bits per heavy atom. The minimum Gasteiger partial charge on any atom is -0.345 e. The molecule has 0 saturated heterocycles. The Morgan fingerprint density at radius 3 is 2.56 bits per heavy atom. The predicted molar refractivity (Wildman–Crippen MR) is 72.9 cm³/mol. The Labute approximate surface area is 111 Å². The number of carbonyl (C=O) groups is 2. The van der Waals surface area contributed by atoms with Crippen LogP contribution < -0.4 is 5.32 Å². The van der Waals surface area contributed by atoms with E-state index in [9.17, 15) is 9.59 Å². The number of benzene rings is 1. The van der Waals surface area contributed by atoms with Crippen LogP contribution in [-0.4, -0.2) is 30.8 Å². The normalized spacial score (nSPS) is 10.4. The number of anilines is 1. The van der Waals surface area contributed by atoms with E-state index in [2.05, 4.69) is 5.32 Å². The highest BCUT2D eigenvalue weighted by atomic mass is 35.5. The molecule has 0 bridgehead atoms. The number of carbonyl (C=O) groups excluding carboxylic acids is 2. The van der Waals surface area contributed by atoms with Crippen LogP contribution in [0, 0.1) is 0 Å². The first-order valence-corrected chi connectivity index (χ1v) is 5.78. The van der Waals surface area contributed by atoms with Crippen molar-refractivity contribution >= 4 is 29.1 Å². The van der Waals surface area contributed by atoms with Gasteiger partial charge in [0.05, 0.1) is 10.6 Å². The molecule has 2 amide bonds. The van der Waals surface area contributed by atoms with Crippen molar-refractivity contribution in [2.24, 2.45) is 0 Å². The average Bonchev–Trinajstić information content (AvgIpc) is 2.31. The second-order valence-corrected chi connectivity index (χ2v) is 4.29. The van der Waals surface area contributed by atoms with Gasteiger partial charge in [-0.3, -0.25) is 9.59 Å². The molecule has 0 aliphatic rings. The van der Waals surface area contributed by atoms with E-state index in [1.165, 1.54) is 11.0 Å². The number of halogens is 1. The number of rotatable bonds is 3. The summed E-state index contributed by atoms with van der Waals surface area (Å²) < 4.78 is 0. The topological polar surface area (TPSA) is 49.4 Å². The third-order valence-electron chi connectivity index (χ3n) is 2.19. The van der Waals surface area contributed by atoms with E-state index in [0.717, 1.165) is 0 Å². The van der Waals surface area contributed by atoms with Gasteiger partial charge >= 0.3 is 0 Å². The van der Waals surface area contributed by atoms with Gasteiger partial charge in [0.2, 0.25) is 5.91 Å². The first-order valence-electron chi connectivity index (χ1n) is 5.40. The summed E-state index contributed by atoms with van der Waals surface area (Å²) in [6, 6.07) is 4.80. The van der Waals surface area contributed by atoms with Gasteiger partial charge in [0.25, 0.3) is 5.91 Å². The lowest BCUT2D eigenvalue weighted by Crippen LogP contribution is -2.22. The molecule has 1 aromatic carbocycles. The van der Waals surface area contributed by atoms with Crippen molar-refractivity contribution in [1.29, 1.82) is 0 Å². The molecule has 0 spiro atoms. The fraction of sp³-hybridized carbons (Fsp3) is 0.231. The van der Waals surface area contributed by atoms with Crippen LogP contribution in [0.3, 0.4) is 0 Å². The number of nitrogens with one attached hydrogen (secondary N) is 1. The SMILES string of the molecule is C/C=C/C(=O)Nc1ccc(Cl)c(C(=O)N(C)C)c1. The van der Waals surface area contributed by atoms with Crippen LogP contribution in [0.5, 0.6) is 0 Å². The van der Waals surface area contributed by atoms with Gasteiger partial charge in [-0.15, -0.1) is 0 Å². The van der Waals surface area contributed by atoms with Crippen molar-refractivity contribution in [3.63, 3.8) is 0 Å². The molecule has 0 aromatic heterocycles. The molecule has 1 rings (SSSR count). The summed E-state index contributed by atoms with van der Waals surface area (Å²) in [7, 11) is 3.29. The molecular formula is C13H15ClN2O2. The lowest BCUT2D eigenvalue weighted by atomic mass is 10.1. The largest absolute Gasteiger partial charge is 0.345 e. The van der Waals surface area contributed by atoms with Gasteiger partial charge in [-0.2, -0.15) is 0 Å². The number of allylic oxidation sites excluding steroid dienone is 1.